The molecule has 2 heterocycles. The molecule has 1 aromatic heterocycles. The van der Waals surface area contributed by atoms with Crippen molar-refractivity contribution < 1.29 is 0 Å². The van der Waals surface area contributed by atoms with Crippen molar-refractivity contribution >= 4 is 34.4 Å². The Hall–Kier alpha value is -1.47. The fourth-order valence-electron chi connectivity index (χ4n) is 3.38. The number of rotatable bonds is 5. The Morgan fingerprint density at radius 2 is 1.81 bits per heavy atom. The molecule has 0 spiro atoms. The number of piperazine rings is 1. The molecule has 6 heteroatoms. The maximum absolute atomic E-state index is 5.58. The van der Waals surface area contributed by atoms with E-state index < -0.39 is 0 Å². The van der Waals surface area contributed by atoms with Crippen LogP contribution in [0.15, 0.2) is 35.7 Å². The van der Waals surface area contributed by atoms with Gasteiger partial charge < -0.3 is 15.5 Å². The highest BCUT2D eigenvalue weighted by Gasteiger charge is 2.24. The number of thiocarbonyl (C=S) groups is 1. The average molecular weight is 389 g/mol. The summed E-state index contributed by atoms with van der Waals surface area (Å²) in [5.74, 6) is 0. The van der Waals surface area contributed by atoms with Crippen molar-refractivity contribution in [1.82, 2.24) is 15.1 Å². The zero-order valence-corrected chi connectivity index (χ0v) is 17.4. The quantitative estimate of drug-likeness (QED) is 0.764. The van der Waals surface area contributed by atoms with Gasteiger partial charge in [-0.3, -0.25) is 4.90 Å². The van der Waals surface area contributed by atoms with E-state index in [4.69, 9.17) is 12.2 Å². The molecule has 2 N–H and O–H groups in total. The molecule has 0 radical (unpaired) electrons. The van der Waals surface area contributed by atoms with Gasteiger partial charge in [-0.25, -0.2) is 0 Å². The number of anilines is 1. The Morgan fingerprint density at radius 1 is 1.12 bits per heavy atom. The van der Waals surface area contributed by atoms with Gasteiger partial charge in [0.15, 0.2) is 5.11 Å². The van der Waals surface area contributed by atoms with Crippen molar-refractivity contribution in [3.63, 3.8) is 0 Å². The number of nitrogens with one attached hydrogen (secondary N) is 2. The van der Waals surface area contributed by atoms with Crippen LogP contribution in [-0.4, -0.2) is 54.7 Å². The van der Waals surface area contributed by atoms with Crippen molar-refractivity contribution in [3.05, 3.63) is 51.7 Å². The summed E-state index contributed by atoms with van der Waals surface area (Å²) >= 11 is 7.40. The predicted molar refractivity (Wildman–Crippen MR) is 116 cm³/mol. The van der Waals surface area contributed by atoms with E-state index in [9.17, 15) is 0 Å². The first-order valence-corrected chi connectivity index (χ1v) is 10.4. The normalized spacial score (nSPS) is 17.0. The van der Waals surface area contributed by atoms with E-state index in [2.05, 4.69) is 77.0 Å². The zero-order chi connectivity index (χ0) is 18.5. The predicted octanol–water partition coefficient (Wildman–Crippen LogP) is 3.64. The first kappa shape index (κ1) is 19.3. The number of benzene rings is 1. The van der Waals surface area contributed by atoms with Gasteiger partial charge in [-0.2, -0.15) is 0 Å². The highest BCUT2D eigenvalue weighted by atomic mass is 32.1. The van der Waals surface area contributed by atoms with Gasteiger partial charge in [0.05, 0.1) is 6.04 Å². The topological polar surface area (TPSA) is 30.5 Å². The monoisotopic (exact) mass is 388 g/mol. The first-order valence-electron chi connectivity index (χ1n) is 9.11. The smallest absolute Gasteiger partial charge is 0.170 e. The van der Waals surface area contributed by atoms with Crippen LogP contribution >= 0.6 is 23.6 Å². The maximum atomic E-state index is 5.58. The van der Waals surface area contributed by atoms with Crippen LogP contribution in [0.25, 0.3) is 0 Å². The van der Waals surface area contributed by atoms with Crippen molar-refractivity contribution in [2.24, 2.45) is 0 Å². The second kappa shape index (κ2) is 8.95. The number of hydrogen-bond donors (Lipinski definition) is 2. The van der Waals surface area contributed by atoms with Gasteiger partial charge in [0.25, 0.3) is 0 Å². The summed E-state index contributed by atoms with van der Waals surface area (Å²) < 4.78 is 0. The molecule has 1 saturated heterocycles. The van der Waals surface area contributed by atoms with E-state index in [1.165, 1.54) is 16.0 Å². The molecule has 26 heavy (non-hydrogen) atoms. The lowest BCUT2D eigenvalue weighted by Crippen LogP contribution is -2.48. The second-order valence-electron chi connectivity index (χ2n) is 6.97. The molecule has 1 aromatic carbocycles. The number of hydrogen-bond acceptors (Lipinski definition) is 4. The first-order chi connectivity index (χ1) is 12.5. The van der Waals surface area contributed by atoms with Crippen LogP contribution in [0.1, 0.15) is 22.0 Å². The van der Waals surface area contributed by atoms with Gasteiger partial charge in [-0.1, -0.05) is 24.3 Å². The molecule has 1 aliphatic heterocycles. The fraction of sp³-hybridized carbons (Fsp3) is 0.450. The molecular weight excluding hydrogens is 360 g/mol. The van der Waals surface area contributed by atoms with Crippen molar-refractivity contribution in [1.29, 1.82) is 0 Å². The number of para-hydroxylation sites is 1. The summed E-state index contributed by atoms with van der Waals surface area (Å²) in [6.07, 6.45) is 0. The Balaban J connectivity index is 1.63. The summed E-state index contributed by atoms with van der Waals surface area (Å²) in [5.41, 5.74) is 3.53. The summed E-state index contributed by atoms with van der Waals surface area (Å²) in [4.78, 5) is 6.36. The molecule has 0 aliphatic carbocycles. The summed E-state index contributed by atoms with van der Waals surface area (Å²) in [7, 11) is 2.19. The van der Waals surface area contributed by atoms with E-state index in [0.717, 1.165) is 38.4 Å². The molecule has 3 rings (SSSR count). The number of nitrogens with zero attached hydrogens (tertiary/aromatic N) is 2. The largest absolute Gasteiger partial charge is 0.360 e. The third kappa shape index (κ3) is 4.82. The van der Waals surface area contributed by atoms with Crippen LogP contribution in [0.3, 0.4) is 0 Å². The third-order valence-corrected chi connectivity index (χ3v) is 6.25. The van der Waals surface area contributed by atoms with E-state index in [0.29, 0.717) is 11.2 Å². The molecule has 0 amide bonds. The van der Waals surface area contributed by atoms with Crippen LogP contribution in [0, 0.1) is 13.8 Å². The Labute approximate surface area is 166 Å². The summed E-state index contributed by atoms with van der Waals surface area (Å²) in [6, 6.07) is 11.0. The third-order valence-electron chi connectivity index (χ3n) is 5.03. The van der Waals surface area contributed by atoms with E-state index in [-0.39, 0.29) is 0 Å². The van der Waals surface area contributed by atoms with Gasteiger partial charge >= 0.3 is 0 Å². The molecular formula is C20H28N4S2. The van der Waals surface area contributed by atoms with Crippen LogP contribution < -0.4 is 10.6 Å². The van der Waals surface area contributed by atoms with Gasteiger partial charge in [-0.05, 0) is 55.7 Å². The number of thiophene rings is 1. The Morgan fingerprint density at radius 3 is 2.42 bits per heavy atom. The lowest BCUT2D eigenvalue weighted by molar-refractivity contribution is 0.114. The molecule has 140 valence electrons. The molecule has 1 aliphatic rings. The fourth-order valence-corrected chi connectivity index (χ4v) is 4.43. The van der Waals surface area contributed by atoms with Crippen molar-refractivity contribution in [2.75, 3.05) is 45.1 Å². The minimum absolute atomic E-state index is 0.362. The van der Waals surface area contributed by atoms with Crippen LogP contribution in [-0.2, 0) is 0 Å². The Kier molecular flexibility index (Phi) is 6.64. The summed E-state index contributed by atoms with van der Waals surface area (Å²) in [6.45, 7) is 9.46. The van der Waals surface area contributed by atoms with Gasteiger partial charge in [-0.15, -0.1) is 11.3 Å². The Bertz CT molecular complexity index is 701. The highest BCUT2D eigenvalue weighted by molar-refractivity contribution is 7.80. The SMILES string of the molecule is Cc1cccc(C)c1NC(=S)NCC(c1cccs1)N1CCN(C)CC1. The molecule has 1 atom stereocenters. The standard InChI is InChI=1S/C20H28N4S2/c1-15-6-4-7-16(2)19(15)22-20(25)21-14-17(18-8-5-13-26-18)24-11-9-23(3)10-12-24/h4-8,13,17H,9-12,14H2,1-3H3,(H2,21,22,25). The van der Waals surface area contributed by atoms with Crippen molar-refractivity contribution in [2.45, 2.75) is 19.9 Å². The summed E-state index contributed by atoms with van der Waals surface area (Å²) in [5, 5.41) is 9.69. The van der Waals surface area contributed by atoms with Crippen LogP contribution in [0.4, 0.5) is 5.69 Å². The molecule has 2 aromatic rings. The highest BCUT2D eigenvalue weighted by Crippen LogP contribution is 2.26. The van der Waals surface area contributed by atoms with Gasteiger partial charge in [0.1, 0.15) is 0 Å². The minimum atomic E-state index is 0.362. The second-order valence-corrected chi connectivity index (χ2v) is 8.36. The van der Waals surface area contributed by atoms with Crippen LogP contribution in [0.2, 0.25) is 0 Å². The van der Waals surface area contributed by atoms with Gasteiger partial charge in [0.2, 0.25) is 0 Å². The maximum Gasteiger partial charge on any atom is 0.170 e. The lowest BCUT2D eigenvalue weighted by Gasteiger charge is -2.37. The van der Waals surface area contributed by atoms with Crippen molar-refractivity contribution in [3.8, 4) is 0 Å². The van der Waals surface area contributed by atoms with E-state index >= 15 is 0 Å². The van der Waals surface area contributed by atoms with E-state index in [1.807, 2.05) is 11.3 Å². The zero-order valence-electron chi connectivity index (χ0n) is 15.8. The van der Waals surface area contributed by atoms with E-state index in [1.54, 1.807) is 0 Å². The molecule has 4 nitrogen and oxygen atoms in total. The molecule has 1 fully saturated rings. The molecule has 1 unspecified atom stereocenters. The minimum Gasteiger partial charge on any atom is -0.360 e. The van der Waals surface area contributed by atoms with Gasteiger partial charge in [0, 0.05) is 43.3 Å². The van der Waals surface area contributed by atoms with Crippen LogP contribution in [0.5, 0.6) is 0 Å². The number of likely N-dealkylation sites (N-methyl/N-ethyl adjacent to an activating group) is 1. The average Bonchev–Trinajstić information content (AvgIpc) is 3.14. The molecule has 0 bridgehead atoms. The number of aryl methyl sites for hydroxylation is 2. The lowest BCUT2D eigenvalue weighted by atomic mass is 10.1. The molecule has 0 saturated carbocycles.